The van der Waals surface area contributed by atoms with Gasteiger partial charge in [-0.2, -0.15) is 0 Å². The van der Waals surface area contributed by atoms with Gasteiger partial charge in [0.25, 0.3) is 0 Å². The monoisotopic (exact) mass is 515 g/mol. The molecule has 1 aromatic carbocycles. The number of rotatable bonds is 4. The van der Waals surface area contributed by atoms with Gasteiger partial charge in [0.1, 0.15) is 17.4 Å². The molecule has 0 heterocycles. The molecular formula is C28H37NO6S. The van der Waals surface area contributed by atoms with Gasteiger partial charge >= 0.3 is 5.97 Å². The Bertz CT molecular complexity index is 1240. The number of carbonyl (C=O) groups excluding carboxylic acids is 2. The summed E-state index contributed by atoms with van der Waals surface area (Å²) in [6, 6.07) is 4.00. The lowest BCUT2D eigenvalue weighted by molar-refractivity contribution is -0.119. The number of ketones is 1. The zero-order valence-corrected chi connectivity index (χ0v) is 22.4. The zero-order valence-electron chi connectivity index (χ0n) is 21.6. The number of benzene rings is 1. The first-order valence-corrected chi connectivity index (χ1v) is 14.6. The fourth-order valence-corrected chi connectivity index (χ4v) is 8.81. The molecule has 4 aliphatic rings. The molecule has 196 valence electrons. The summed E-state index contributed by atoms with van der Waals surface area (Å²) in [5, 5.41) is 5.29. The van der Waals surface area contributed by atoms with E-state index in [9.17, 15) is 18.0 Å². The standard InChI is InChI=1S/C28H37NO6S/c1-16-13-17-14-18(30)9-11-27(17,2)22-10-12-28(3)21(25(16)22)6-8-24(28)35-26(31)20-15-19(36(29,32)33)5-7-23(20)34-4/h5,7,14-16,21-22,24-25H,6,8-13H2,1-4H3,(H2,29,32,33)/t16-,21?,22?,24+,25?,27+,28+/m1/s1. The van der Waals surface area contributed by atoms with Crippen LogP contribution in [0, 0.1) is 34.5 Å². The maximum atomic E-state index is 13.3. The minimum atomic E-state index is -3.97. The number of fused-ring (bicyclic) bond motifs is 5. The molecule has 0 amide bonds. The molecule has 3 saturated carbocycles. The molecule has 0 aromatic heterocycles. The molecule has 0 bridgehead atoms. The first-order chi connectivity index (χ1) is 16.9. The van der Waals surface area contributed by atoms with Crippen molar-refractivity contribution in [3.63, 3.8) is 0 Å². The van der Waals surface area contributed by atoms with Crippen LogP contribution in [0.2, 0.25) is 0 Å². The highest BCUT2D eigenvalue weighted by Gasteiger charge is 2.61. The van der Waals surface area contributed by atoms with Gasteiger partial charge in [0.15, 0.2) is 5.78 Å². The van der Waals surface area contributed by atoms with E-state index in [4.69, 9.17) is 14.6 Å². The third kappa shape index (κ3) is 3.92. The second kappa shape index (κ2) is 8.69. The number of esters is 1. The maximum Gasteiger partial charge on any atom is 0.342 e. The van der Waals surface area contributed by atoms with Crippen molar-refractivity contribution in [2.75, 3.05) is 7.11 Å². The molecule has 0 saturated heterocycles. The molecule has 8 heteroatoms. The van der Waals surface area contributed by atoms with Crippen molar-refractivity contribution >= 4 is 21.8 Å². The Hall–Kier alpha value is -2.19. The number of sulfonamides is 1. The Morgan fingerprint density at radius 1 is 1.11 bits per heavy atom. The molecule has 3 fully saturated rings. The lowest BCUT2D eigenvalue weighted by Crippen LogP contribution is -2.54. The zero-order chi connectivity index (χ0) is 26.0. The van der Waals surface area contributed by atoms with E-state index in [1.54, 1.807) is 0 Å². The van der Waals surface area contributed by atoms with Gasteiger partial charge in [0, 0.05) is 11.8 Å². The summed E-state index contributed by atoms with van der Waals surface area (Å²) < 4.78 is 35.2. The highest BCUT2D eigenvalue weighted by atomic mass is 32.2. The summed E-state index contributed by atoms with van der Waals surface area (Å²) in [6.07, 6.45) is 8.05. The van der Waals surface area contributed by atoms with Crippen molar-refractivity contribution < 1.29 is 27.5 Å². The summed E-state index contributed by atoms with van der Waals surface area (Å²) in [4.78, 5) is 25.3. The quantitative estimate of drug-likeness (QED) is 0.584. The van der Waals surface area contributed by atoms with Crippen molar-refractivity contribution in [3.05, 3.63) is 35.4 Å². The van der Waals surface area contributed by atoms with Gasteiger partial charge in [-0.15, -0.1) is 0 Å². The third-order valence-electron chi connectivity index (χ3n) is 10.2. The van der Waals surface area contributed by atoms with Crippen LogP contribution in [0.3, 0.4) is 0 Å². The molecular weight excluding hydrogens is 478 g/mol. The summed E-state index contributed by atoms with van der Waals surface area (Å²) >= 11 is 0. The van der Waals surface area contributed by atoms with E-state index in [2.05, 4.69) is 20.8 Å². The van der Waals surface area contributed by atoms with Crippen LogP contribution in [-0.4, -0.2) is 33.4 Å². The molecule has 1 aromatic rings. The van der Waals surface area contributed by atoms with Gasteiger partial charge < -0.3 is 9.47 Å². The van der Waals surface area contributed by atoms with Crippen LogP contribution in [0.25, 0.3) is 0 Å². The minimum Gasteiger partial charge on any atom is -0.496 e. The van der Waals surface area contributed by atoms with Crippen molar-refractivity contribution in [1.29, 1.82) is 0 Å². The van der Waals surface area contributed by atoms with Crippen LogP contribution < -0.4 is 9.88 Å². The molecule has 7 nitrogen and oxygen atoms in total. The number of methoxy groups -OCH3 is 1. The minimum absolute atomic E-state index is 0.0740. The average molecular weight is 516 g/mol. The largest absolute Gasteiger partial charge is 0.496 e. The number of hydrogen-bond donors (Lipinski definition) is 1. The molecule has 0 spiro atoms. The molecule has 3 unspecified atom stereocenters. The Labute approximate surface area is 213 Å². The van der Waals surface area contributed by atoms with Crippen LogP contribution in [0.15, 0.2) is 34.7 Å². The molecule has 0 aliphatic heterocycles. The lowest BCUT2D eigenvalue weighted by Gasteiger charge is -2.59. The smallest absolute Gasteiger partial charge is 0.342 e. The van der Waals surface area contributed by atoms with E-state index < -0.39 is 16.0 Å². The molecule has 7 atom stereocenters. The van der Waals surface area contributed by atoms with E-state index in [1.807, 2.05) is 6.08 Å². The number of nitrogens with two attached hydrogens (primary N) is 1. The van der Waals surface area contributed by atoms with Crippen LogP contribution in [0.1, 0.15) is 76.1 Å². The summed E-state index contributed by atoms with van der Waals surface area (Å²) in [6.45, 7) is 6.96. The normalized spacial score (nSPS) is 37.9. The Balaban J connectivity index is 1.41. The summed E-state index contributed by atoms with van der Waals surface area (Å²) in [7, 11) is -2.54. The predicted molar refractivity (Wildman–Crippen MR) is 135 cm³/mol. The fourth-order valence-electron chi connectivity index (χ4n) is 8.27. The van der Waals surface area contributed by atoms with Gasteiger partial charge in [-0.1, -0.05) is 26.3 Å². The number of hydrogen-bond acceptors (Lipinski definition) is 6. The Morgan fingerprint density at radius 3 is 2.56 bits per heavy atom. The molecule has 36 heavy (non-hydrogen) atoms. The van der Waals surface area contributed by atoms with Crippen molar-refractivity contribution in [1.82, 2.24) is 0 Å². The Kier molecular flexibility index (Phi) is 6.15. The van der Waals surface area contributed by atoms with Crippen LogP contribution >= 0.6 is 0 Å². The summed E-state index contributed by atoms with van der Waals surface area (Å²) in [5.41, 5.74) is 1.37. The van der Waals surface area contributed by atoms with Crippen molar-refractivity contribution in [3.8, 4) is 5.75 Å². The first-order valence-electron chi connectivity index (χ1n) is 13.0. The second-order valence-corrected chi connectivity index (χ2v) is 13.5. The molecule has 0 radical (unpaired) electrons. The molecule has 4 aliphatic carbocycles. The predicted octanol–water partition coefficient (Wildman–Crippen LogP) is 4.65. The van der Waals surface area contributed by atoms with Gasteiger partial charge in [0.05, 0.1) is 12.0 Å². The van der Waals surface area contributed by atoms with Crippen molar-refractivity contribution in [2.45, 2.75) is 76.7 Å². The van der Waals surface area contributed by atoms with Gasteiger partial charge in [-0.3, -0.25) is 4.79 Å². The van der Waals surface area contributed by atoms with Gasteiger partial charge in [-0.25, -0.2) is 18.4 Å². The number of carbonyl (C=O) groups is 2. The van der Waals surface area contributed by atoms with Crippen LogP contribution in [0.5, 0.6) is 5.75 Å². The van der Waals surface area contributed by atoms with Gasteiger partial charge in [0.2, 0.25) is 10.0 Å². The number of primary sulfonamides is 1. The second-order valence-electron chi connectivity index (χ2n) is 11.9. The molecule has 2 N–H and O–H groups in total. The van der Waals surface area contributed by atoms with Crippen LogP contribution in [-0.2, 0) is 19.6 Å². The van der Waals surface area contributed by atoms with E-state index >= 15 is 0 Å². The SMILES string of the molecule is COc1ccc(S(N)(=O)=O)cc1C(=O)O[C@H]1CCC2C3C(CC[C@@]21C)[C@@]1(C)CCC(=O)C=C1C[C@H]3C. The fraction of sp³-hybridized carbons (Fsp3) is 0.643. The van der Waals surface area contributed by atoms with E-state index in [0.717, 1.165) is 38.5 Å². The van der Waals surface area contributed by atoms with Crippen molar-refractivity contribution in [2.24, 2.45) is 39.6 Å². The average Bonchev–Trinajstić information content (AvgIpc) is 3.15. The van der Waals surface area contributed by atoms with Gasteiger partial charge in [-0.05, 0) is 91.9 Å². The summed E-state index contributed by atoms with van der Waals surface area (Å²) in [5.74, 6) is 1.94. The lowest BCUT2D eigenvalue weighted by atomic mass is 9.45. The number of allylic oxidation sites excluding steroid dienone is 1. The first kappa shape index (κ1) is 25.5. The highest BCUT2D eigenvalue weighted by molar-refractivity contribution is 7.89. The maximum absolute atomic E-state index is 13.3. The Morgan fingerprint density at radius 2 is 1.86 bits per heavy atom. The van der Waals surface area contributed by atoms with E-state index in [1.165, 1.54) is 30.9 Å². The third-order valence-corrected chi connectivity index (χ3v) is 11.1. The van der Waals surface area contributed by atoms with E-state index in [0.29, 0.717) is 30.1 Å². The topological polar surface area (TPSA) is 113 Å². The molecule has 5 rings (SSSR count). The highest BCUT2D eigenvalue weighted by Crippen LogP contribution is 2.66. The van der Waals surface area contributed by atoms with E-state index in [-0.39, 0.29) is 38.9 Å². The van der Waals surface area contributed by atoms with Crippen LogP contribution in [0.4, 0.5) is 0 Å². The number of ether oxygens (including phenoxy) is 2.